The number of ether oxygens (including phenoxy) is 1. The maximum absolute atomic E-state index is 12.6. The molecule has 2 aromatic carbocycles. The molecule has 0 radical (unpaired) electrons. The fourth-order valence-electron chi connectivity index (χ4n) is 3.25. The Bertz CT molecular complexity index is 1350. The highest BCUT2D eigenvalue weighted by Crippen LogP contribution is 2.22. The molecule has 0 fully saturated rings. The zero-order chi connectivity index (χ0) is 23.8. The first-order chi connectivity index (χ1) is 16.7. The van der Waals surface area contributed by atoms with Crippen LogP contribution in [0.15, 0.2) is 79.1 Å². The van der Waals surface area contributed by atoms with Crippen LogP contribution in [0.4, 0.5) is 5.69 Å². The van der Waals surface area contributed by atoms with Crippen molar-refractivity contribution in [2.75, 3.05) is 11.9 Å². The third-order valence-electron chi connectivity index (χ3n) is 4.97. The van der Waals surface area contributed by atoms with E-state index in [0.717, 1.165) is 5.56 Å². The van der Waals surface area contributed by atoms with E-state index in [1.807, 2.05) is 12.1 Å². The number of aromatic nitrogens is 3. The first-order valence-corrected chi connectivity index (χ1v) is 10.6. The number of amides is 1. The molecule has 0 bridgehead atoms. The monoisotopic (exact) mass is 448 g/mol. The summed E-state index contributed by atoms with van der Waals surface area (Å²) in [6.07, 6.45) is 4.48. The van der Waals surface area contributed by atoms with Crippen molar-refractivity contribution < 1.29 is 9.53 Å². The van der Waals surface area contributed by atoms with Gasteiger partial charge in [-0.15, -0.1) is 0 Å². The maximum atomic E-state index is 12.6. The molecule has 34 heavy (non-hydrogen) atoms. The second-order valence-electron chi connectivity index (χ2n) is 7.32. The molecule has 2 aromatic heterocycles. The van der Waals surface area contributed by atoms with Gasteiger partial charge in [0, 0.05) is 41.7 Å². The van der Waals surface area contributed by atoms with Gasteiger partial charge in [0.05, 0.1) is 24.1 Å². The van der Waals surface area contributed by atoms with Gasteiger partial charge >= 0.3 is 0 Å². The largest absolute Gasteiger partial charge is 0.494 e. The number of nitrogens with one attached hydrogen (secondary N) is 1. The van der Waals surface area contributed by atoms with Gasteiger partial charge in [-0.1, -0.05) is 0 Å². The smallest absolute Gasteiger partial charge is 0.255 e. The molecule has 0 aliphatic heterocycles. The Balaban J connectivity index is 1.42. The molecule has 8 nitrogen and oxygen atoms in total. The number of hydrogen-bond donors (Lipinski definition) is 1. The molecule has 1 amide bonds. The summed E-state index contributed by atoms with van der Waals surface area (Å²) in [7, 11) is 0. The molecule has 4 aromatic rings. The second kappa shape index (κ2) is 10.6. The summed E-state index contributed by atoms with van der Waals surface area (Å²) in [5, 5.41) is 25.5. The number of anilines is 1. The SMILES string of the molecule is N#CCCCOc1ccc(C(=O)Nc2ccc(-n3nc(-c4cccnc4)cc3C#N)cc2)cc1. The van der Waals surface area contributed by atoms with Gasteiger partial charge in [0.1, 0.15) is 17.5 Å². The minimum atomic E-state index is -0.251. The third kappa shape index (κ3) is 5.26. The molecule has 166 valence electrons. The van der Waals surface area contributed by atoms with Crippen LogP contribution in [0, 0.1) is 22.7 Å². The molecule has 0 atom stereocenters. The number of benzene rings is 2. The number of carbonyl (C=O) groups is 1. The summed E-state index contributed by atoms with van der Waals surface area (Å²) in [5.74, 6) is 0.400. The van der Waals surface area contributed by atoms with Crippen molar-refractivity contribution in [1.29, 1.82) is 10.5 Å². The van der Waals surface area contributed by atoms with Gasteiger partial charge in [0.2, 0.25) is 0 Å². The summed E-state index contributed by atoms with van der Waals surface area (Å²) in [4.78, 5) is 16.7. The minimum Gasteiger partial charge on any atom is -0.494 e. The number of hydrogen-bond acceptors (Lipinski definition) is 6. The minimum absolute atomic E-state index is 0.251. The first kappa shape index (κ1) is 22.3. The highest BCUT2D eigenvalue weighted by atomic mass is 16.5. The van der Waals surface area contributed by atoms with Gasteiger partial charge in [-0.05, 0) is 67.1 Å². The van der Waals surface area contributed by atoms with Crippen LogP contribution in [0.1, 0.15) is 28.9 Å². The Morgan fingerprint density at radius 3 is 2.53 bits per heavy atom. The molecular formula is C26H20N6O2. The van der Waals surface area contributed by atoms with Crippen LogP contribution in [0.2, 0.25) is 0 Å². The number of pyridine rings is 1. The average molecular weight is 448 g/mol. The zero-order valence-corrected chi connectivity index (χ0v) is 18.2. The molecule has 1 N–H and O–H groups in total. The highest BCUT2D eigenvalue weighted by molar-refractivity contribution is 6.04. The first-order valence-electron chi connectivity index (χ1n) is 10.6. The molecule has 0 spiro atoms. The van der Waals surface area contributed by atoms with E-state index in [1.54, 1.807) is 71.7 Å². The van der Waals surface area contributed by atoms with Gasteiger partial charge in [0.15, 0.2) is 0 Å². The fraction of sp³-hybridized carbons (Fsp3) is 0.115. The molecule has 0 unspecified atom stereocenters. The Hall–Kier alpha value is -4.95. The van der Waals surface area contributed by atoms with Gasteiger partial charge in [0.25, 0.3) is 5.91 Å². The van der Waals surface area contributed by atoms with Crippen molar-refractivity contribution in [3.05, 3.63) is 90.4 Å². The normalized spacial score (nSPS) is 10.2. The average Bonchev–Trinajstić information content (AvgIpc) is 3.32. The maximum Gasteiger partial charge on any atom is 0.255 e. The molecule has 8 heteroatoms. The molecular weight excluding hydrogens is 428 g/mol. The molecule has 0 saturated carbocycles. The van der Waals surface area contributed by atoms with E-state index >= 15 is 0 Å². The fourth-order valence-corrected chi connectivity index (χ4v) is 3.25. The van der Waals surface area contributed by atoms with Crippen molar-refractivity contribution in [3.63, 3.8) is 0 Å². The van der Waals surface area contributed by atoms with Crippen LogP contribution in [-0.4, -0.2) is 27.3 Å². The van der Waals surface area contributed by atoms with Crippen molar-refractivity contribution >= 4 is 11.6 Å². The summed E-state index contributed by atoms with van der Waals surface area (Å²) < 4.78 is 7.11. The van der Waals surface area contributed by atoms with E-state index in [9.17, 15) is 10.1 Å². The Kier molecular flexibility index (Phi) is 6.92. The number of nitrogens with zero attached hydrogens (tertiary/aromatic N) is 5. The molecule has 0 aliphatic carbocycles. The van der Waals surface area contributed by atoms with Crippen molar-refractivity contribution in [1.82, 2.24) is 14.8 Å². The van der Waals surface area contributed by atoms with Crippen LogP contribution in [0.3, 0.4) is 0 Å². The quantitative estimate of drug-likeness (QED) is 0.389. The highest BCUT2D eigenvalue weighted by Gasteiger charge is 2.12. The topological polar surface area (TPSA) is 117 Å². The van der Waals surface area contributed by atoms with Gasteiger partial charge in [-0.2, -0.15) is 15.6 Å². The summed E-state index contributed by atoms with van der Waals surface area (Å²) in [5.41, 5.74) is 3.67. The van der Waals surface area contributed by atoms with Gasteiger partial charge in [-0.25, -0.2) is 4.68 Å². The van der Waals surface area contributed by atoms with E-state index in [2.05, 4.69) is 27.5 Å². The van der Waals surface area contributed by atoms with E-state index in [4.69, 9.17) is 10.00 Å². The van der Waals surface area contributed by atoms with Gasteiger partial charge in [-0.3, -0.25) is 9.78 Å². The summed E-state index contributed by atoms with van der Waals surface area (Å²) in [6.45, 7) is 0.457. The molecule has 0 saturated heterocycles. The van der Waals surface area contributed by atoms with Crippen molar-refractivity contribution in [3.8, 4) is 34.8 Å². The predicted molar refractivity (Wildman–Crippen MR) is 126 cm³/mol. The van der Waals surface area contributed by atoms with Crippen LogP contribution in [0.25, 0.3) is 16.9 Å². The lowest BCUT2D eigenvalue weighted by Crippen LogP contribution is -2.12. The number of carbonyl (C=O) groups excluding carboxylic acids is 1. The third-order valence-corrected chi connectivity index (χ3v) is 4.97. The number of nitriles is 2. The van der Waals surface area contributed by atoms with Gasteiger partial charge < -0.3 is 10.1 Å². The molecule has 4 rings (SSSR count). The van der Waals surface area contributed by atoms with E-state index in [-0.39, 0.29) is 5.91 Å². The second-order valence-corrected chi connectivity index (χ2v) is 7.32. The van der Waals surface area contributed by atoms with Crippen LogP contribution in [-0.2, 0) is 0 Å². The van der Waals surface area contributed by atoms with Crippen LogP contribution >= 0.6 is 0 Å². The van der Waals surface area contributed by atoms with Crippen molar-refractivity contribution in [2.24, 2.45) is 0 Å². The zero-order valence-electron chi connectivity index (χ0n) is 18.2. The van der Waals surface area contributed by atoms with Crippen LogP contribution in [0.5, 0.6) is 5.75 Å². The summed E-state index contributed by atoms with van der Waals surface area (Å²) in [6, 6.07) is 23.6. The van der Waals surface area contributed by atoms with E-state index in [0.29, 0.717) is 53.5 Å². The number of rotatable bonds is 8. The standard InChI is InChI=1S/C26H20N6O2/c27-13-1-2-15-34-24-11-5-19(6-12-24)26(33)30-21-7-9-22(10-8-21)32-23(17-28)16-25(31-32)20-4-3-14-29-18-20/h3-12,14,16,18H,1-2,15H2,(H,30,33). The Morgan fingerprint density at radius 1 is 1.06 bits per heavy atom. The predicted octanol–water partition coefficient (Wildman–Crippen LogP) is 4.74. The molecule has 0 aliphatic rings. The Labute approximate surface area is 196 Å². The number of unbranched alkanes of at least 4 members (excludes halogenated alkanes) is 1. The lowest BCUT2D eigenvalue weighted by molar-refractivity contribution is 0.102. The van der Waals surface area contributed by atoms with E-state index < -0.39 is 0 Å². The van der Waals surface area contributed by atoms with Crippen LogP contribution < -0.4 is 10.1 Å². The molecule has 2 heterocycles. The Morgan fingerprint density at radius 2 is 1.85 bits per heavy atom. The lowest BCUT2D eigenvalue weighted by atomic mass is 10.2. The summed E-state index contributed by atoms with van der Waals surface area (Å²) >= 11 is 0. The lowest BCUT2D eigenvalue weighted by Gasteiger charge is -2.09. The van der Waals surface area contributed by atoms with Crippen molar-refractivity contribution in [2.45, 2.75) is 12.8 Å². The van der Waals surface area contributed by atoms with E-state index in [1.165, 1.54) is 0 Å².